The topological polar surface area (TPSA) is 80.4 Å². The Hall–Kier alpha value is -1.91. The molecule has 1 fully saturated rings. The van der Waals surface area contributed by atoms with Crippen molar-refractivity contribution in [1.29, 1.82) is 0 Å². The molecule has 0 heterocycles. The van der Waals surface area contributed by atoms with Gasteiger partial charge in [-0.25, -0.2) is 0 Å². The van der Waals surface area contributed by atoms with Crippen molar-refractivity contribution < 1.29 is 14.8 Å². The van der Waals surface area contributed by atoms with E-state index in [0.717, 1.165) is 18.4 Å². The van der Waals surface area contributed by atoms with Crippen molar-refractivity contribution in [2.24, 2.45) is 5.41 Å². The number of nitrogens with zero attached hydrogens (tertiary/aromatic N) is 1. The summed E-state index contributed by atoms with van der Waals surface area (Å²) < 4.78 is 0. The van der Waals surface area contributed by atoms with Gasteiger partial charge < -0.3 is 5.11 Å². The number of nitro benzene ring substituents is 1. The summed E-state index contributed by atoms with van der Waals surface area (Å²) in [5.74, 6) is -0.621. The molecule has 2 rings (SSSR count). The van der Waals surface area contributed by atoms with E-state index in [0.29, 0.717) is 19.3 Å². The van der Waals surface area contributed by atoms with Crippen molar-refractivity contribution in [3.8, 4) is 0 Å². The lowest BCUT2D eigenvalue weighted by molar-refractivity contribution is -0.384. The third-order valence-corrected chi connectivity index (χ3v) is 4.34. The summed E-state index contributed by atoms with van der Waals surface area (Å²) in [6.07, 6.45) is 3.54. The zero-order valence-corrected chi connectivity index (χ0v) is 11.5. The van der Waals surface area contributed by atoms with Crippen LogP contribution in [-0.2, 0) is 4.79 Å². The van der Waals surface area contributed by atoms with E-state index in [1.54, 1.807) is 12.1 Å². The van der Waals surface area contributed by atoms with Crippen molar-refractivity contribution in [2.45, 2.75) is 44.9 Å². The van der Waals surface area contributed by atoms with E-state index in [1.165, 1.54) is 6.07 Å². The number of rotatable bonds is 5. The quantitative estimate of drug-likeness (QED) is 0.656. The van der Waals surface area contributed by atoms with Crippen molar-refractivity contribution in [1.82, 2.24) is 0 Å². The van der Waals surface area contributed by atoms with E-state index in [4.69, 9.17) is 0 Å². The predicted octanol–water partition coefficient (Wildman–Crippen LogP) is 3.73. The molecule has 2 atom stereocenters. The number of aliphatic carboxylic acids is 1. The molecule has 0 saturated heterocycles. The summed E-state index contributed by atoms with van der Waals surface area (Å²) in [5, 5.41) is 20.3. The molecule has 20 heavy (non-hydrogen) atoms. The van der Waals surface area contributed by atoms with Gasteiger partial charge in [-0.15, -0.1) is 0 Å². The van der Waals surface area contributed by atoms with Crippen LogP contribution in [0.5, 0.6) is 0 Å². The third-order valence-electron chi connectivity index (χ3n) is 4.34. The van der Waals surface area contributed by atoms with Crippen molar-refractivity contribution in [3.05, 3.63) is 39.9 Å². The number of carboxylic acids is 1. The smallest absolute Gasteiger partial charge is 0.309 e. The monoisotopic (exact) mass is 277 g/mol. The van der Waals surface area contributed by atoms with Gasteiger partial charge in [0.05, 0.1) is 10.3 Å². The number of non-ortho nitro benzene ring substituents is 1. The van der Waals surface area contributed by atoms with Gasteiger partial charge in [0.25, 0.3) is 5.69 Å². The second kappa shape index (κ2) is 5.61. The summed E-state index contributed by atoms with van der Waals surface area (Å²) in [6, 6.07) is 6.58. The Kier molecular flexibility index (Phi) is 4.06. The van der Waals surface area contributed by atoms with Crippen LogP contribution in [0.15, 0.2) is 24.3 Å². The Labute approximate surface area is 117 Å². The lowest BCUT2D eigenvalue weighted by Crippen LogP contribution is -2.27. The number of benzene rings is 1. The van der Waals surface area contributed by atoms with Crippen molar-refractivity contribution in [3.63, 3.8) is 0 Å². The zero-order valence-electron chi connectivity index (χ0n) is 11.5. The first-order valence-corrected chi connectivity index (χ1v) is 6.96. The molecule has 1 aromatic rings. The maximum atomic E-state index is 11.6. The van der Waals surface area contributed by atoms with Gasteiger partial charge in [0.15, 0.2) is 0 Å². The van der Waals surface area contributed by atoms with E-state index in [-0.39, 0.29) is 11.6 Å². The van der Waals surface area contributed by atoms with Crippen LogP contribution < -0.4 is 0 Å². The van der Waals surface area contributed by atoms with E-state index in [2.05, 4.69) is 0 Å². The highest BCUT2D eigenvalue weighted by Crippen LogP contribution is 2.49. The summed E-state index contributed by atoms with van der Waals surface area (Å²) in [6.45, 7) is 1.99. The largest absolute Gasteiger partial charge is 0.481 e. The number of hydrogen-bond acceptors (Lipinski definition) is 3. The lowest BCUT2D eigenvalue weighted by atomic mass is 9.80. The fraction of sp³-hybridized carbons (Fsp3) is 0.533. The Morgan fingerprint density at radius 3 is 2.90 bits per heavy atom. The van der Waals surface area contributed by atoms with E-state index in [9.17, 15) is 20.0 Å². The fourth-order valence-corrected chi connectivity index (χ4v) is 3.31. The number of nitro groups is 1. The first-order valence-electron chi connectivity index (χ1n) is 6.96. The molecular weight excluding hydrogens is 258 g/mol. The van der Waals surface area contributed by atoms with Crippen LogP contribution in [0.1, 0.15) is 50.5 Å². The fourth-order valence-electron chi connectivity index (χ4n) is 3.31. The Balaban J connectivity index is 2.22. The van der Waals surface area contributed by atoms with Crippen molar-refractivity contribution in [2.75, 3.05) is 0 Å². The second-order valence-corrected chi connectivity index (χ2v) is 5.63. The molecule has 0 radical (unpaired) electrons. The van der Waals surface area contributed by atoms with E-state index in [1.807, 2.05) is 13.0 Å². The third kappa shape index (κ3) is 2.66. The van der Waals surface area contributed by atoms with Crippen LogP contribution in [0.4, 0.5) is 5.69 Å². The first-order chi connectivity index (χ1) is 9.48. The van der Waals surface area contributed by atoms with Gasteiger partial charge in [-0.2, -0.15) is 0 Å². The van der Waals surface area contributed by atoms with Crippen LogP contribution in [-0.4, -0.2) is 16.0 Å². The molecule has 0 amide bonds. The minimum Gasteiger partial charge on any atom is -0.481 e. The summed E-state index contributed by atoms with van der Waals surface area (Å²) in [5.41, 5.74) is 0.313. The minimum atomic E-state index is -0.729. The summed E-state index contributed by atoms with van der Waals surface area (Å²) in [4.78, 5) is 22.0. The van der Waals surface area contributed by atoms with E-state index < -0.39 is 16.3 Å². The SMILES string of the molecule is CCC[C@@]1(C(=O)O)CC[C@H](c2cccc([N+](=O)[O-])c2)C1. The van der Waals surface area contributed by atoms with Crippen LogP contribution in [0.25, 0.3) is 0 Å². The lowest BCUT2D eigenvalue weighted by Gasteiger charge is -2.23. The summed E-state index contributed by atoms with van der Waals surface area (Å²) in [7, 11) is 0. The molecule has 0 spiro atoms. The molecule has 1 aromatic carbocycles. The van der Waals surface area contributed by atoms with Gasteiger partial charge in [-0.3, -0.25) is 14.9 Å². The van der Waals surface area contributed by atoms with Crippen LogP contribution in [0.3, 0.4) is 0 Å². The Morgan fingerprint density at radius 2 is 2.30 bits per heavy atom. The molecule has 0 aliphatic heterocycles. The number of carbonyl (C=O) groups is 1. The minimum absolute atomic E-state index is 0.0748. The Bertz CT molecular complexity index is 528. The number of carboxylic acid groups (broad SMARTS) is 1. The molecule has 1 N–H and O–H groups in total. The molecule has 1 aliphatic rings. The molecular formula is C15H19NO4. The maximum Gasteiger partial charge on any atom is 0.309 e. The van der Waals surface area contributed by atoms with Crippen molar-refractivity contribution >= 4 is 11.7 Å². The van der Waals surface area contributed by atoms with Gasteiger partial charge in [0.1, 0.15) is 0 Å². The van der Waals surface area contributed by atoms with Crippen LogP contribution >= 0.6 is 0 Å². The molecule has 0 bridgehead atoms. The standard InChI is InChI=1S/C15H19NO4/c1-2-7-15(14(17)18)8-6-12(10-15)11-4-3-5-13(9-11)16(19)20/h3-5,9,12H,2,6-8,10H2,1H3,(H,17,18)/t12-,15+/m0/s1. The molecule has 5 heteroatoms. The predicted molar refractivity (Wildman–Crippen MR) is 74.7 cm³/mol. The zero-order chi connectivity index (χ0) is 14.8. The van der Waals surface area contributed by atoms with Gasteiger partial charge in [0, 0.05) is 12.1 Å². The van der Waals surface area contributed by atoms with Gasteiger partial charge in [-0.05, 0) is 37.2 Å². The van der Waals surface area contributed by atoms with Crippen LogP contribution in [0, 0.1) is 15.5 Å². The molecule has 108 valence electrons. The average Bonchev–Trinajstić information content (AvgIpc) is 2.85. The highest BCUT2D eigenvalue weighted by Gasteiger charge is 2.45. The number of hydrogen-bond donors (Lipinski definition) is 1. The van der Waals surface area contributed by atoms with Gasteiger partial charge in [-0.1, -0.05) is 25.5 Å². The van der Waals surface area contributed by atoms with Crippen LogP contribution in [0.2, 0.25) is 0 Å². The first kappa shape index (κ1) is 14.5. The highest BCUT2D eigenvalue weighted by atomic mass is 16.6. The molecule has 5 nitrogen and oxygen atoms in total. The molecule has 0 unspecified atom stereocenters. The average molecular weight is 277 g/mol. The highest BCUT2D eigenvalue weighted by molar-refractivity contribution is 5.75. The van der Waals surface area contributed by atoms with Gasteiger partial charge >= 0.3 is 5.97 Å². The summed E-state index contributed by atoms with van der Waals surface area (Å²) >= 11 is 0. The maximum absolute atomic E-state index is 11.6. The molecule has 1 aliphatic carbocycles. The van der Waals surface area contributed by atoms with Gasteiger partial charge in [0.2, 0.25) is 0 Å². The normalized spacial score (nSPS) is 25.6. The molecule has 0 aromatic heterocycles. The Morgan fingerprint density at radius 1 is 1.55 bits per heavy atom. The second-order valence-electron chi connectivity index (χ2n) is 5.63. The molecule has 1 saturated carbocycles. The van der Waals surface area contributed by atoms with E-state index >= 15 is 0 Å².